The predicted octanol–water partition coefficient (Wildman–Crippen LogP) is 14.1. The average molecular weight is 755 g/mol. The molecule has 0 aliphatic rings. The number of hydrogen-bond acceptors (Lipinski definition) is 6. The molecule has 0 radical (unpaired) electrons. The van der Waals surface area contributed by atoms with Crippen LogP contribution in [0.3, 0.4) is 0 Å². The second-order valence-corrected chi connectivity index (χ2v) is 14.6. The molecule has 0 heterocycles. The molecule has 0 bridgehead atoms. The van der Waals surface area contributed by atoms with Crippen molar-refractivity contribution in [3.8, 4) is 0 Å². The van der Waals surface area contributed by atoms with Gasteiger partial charge in [-0.1, -0.05) is 171 Å². The topological polar surface area (TPSA) is 78.9 Å². The van der Waals surface area contributed by atoms with Crippen molar-refractivity contribution in [3.05, 3.63) is 60.8 Å². The Hall–Kier alpha value is -2.89. The minimum atomic E-state index is -0.775. The minimum Gasteiger partial charge on any atom is -0.462 e. The van der Waals surface area contributed by atoms with Crippen molar-refractivity contribution in [3.63, 3.8) is 0 Å². The predicted molar refractivity (Wildman–Crippen MR) is 228 cm³/mol. The van der Waals surface area contributed by atoms with Gasteiger partial charge >= 0.3 is 17.9 Å². The third-order valence-corrected chi connectivity index (χ3v) is 9.24. The molecule has 54 heavy (non-hydrogen) atoms. The van der Waals surface area contributed by atoms with Crippen LogP contribution in [-0.2, 0) is 28.6 Å². The third-order valence-electron chi connectivity index (χ3n) is 9.24. The van der Waals surface area contributed by atoms with Crippen molar-refractivity contribution >= 4 is 17.9 Å². The maximum atomic E-state index is 12.6. The maximum Gasteiger partial charge on any atom is 0.306 e. The van der Waals surface area contributed by atoms with Gasteiger partial charge in [-0.2, -0.15) is 0 Å². The highest BCUT2D eigenvalue weighted by atomic mass is 16.6. The van der Waals surface area contributed by atoms with Crippen molar-refractivity contribution in [1.82, 2.24) is 0 Å². The van der Waals surface area contributed by atoms with Crippen LogP contribution >= 0.6 is 0 Å². The zero-order valence-corrected chi connectivity index (χ0v) is 35.2. The molecule has 1 atom stereocenters. The Morgan fingerprint density at radius 3 is 1.22 bits per heavy atom. The lowest BCUT2D eigenvalue weighted by Crippen LogP contribution is -2.30. The van der Waals surface area contributed by atoms with Crippen LogP contribution in [0.2, 0.25) is 0 Å². The third kappa shape index (κ3) is 40.3. The van der Waals surface area contributed by atoms with E-state index in [4.69, 9.17) is 14.2 Å². The molecule has 0 aromatic rings. The van der Waals surface area contributed by atoms with Gasteiger partial charge < -0.3 is 14.2 Å². The Bertz CT molecular complexity index is 1010. The molecule has 6 heteroatoms. The fraction of sp³-hybridized carbons (Fsp3) is 0.729. The lowest BCUT2D eigenvalue weighted by Gasteiger charge is -2.18. The number of ether oxygens (including phenoxy) is 3. The first kappa shape index (κ1) is 51.1. The van der Waals surface area contributed by atoms with Gasteiger partial charge in [0.1, 0.15) is 13.2 Å². The Balaban J connectivity index is 4.16. The molecule has 1 unspecified atom stereocenters. The van der Waals surface area contributed by atoms with E-state index in [-0.39, 0.29) is 31.1 Å². The van der Waals surface area contributed by atoms with E-state index < -0.39 is 6.10 Å². The standard InChI is InChI=1S/C48H82O6/c1-4-7-10-13-15-17-19-20-21-22-23-24-25-26-27-28-29-31-32-35-38-41-47(50)53-44-45(43-52-46(49)40-37-34-12-9-6-3)54-48(51)42-39-36-33-30-18-16-14-11-8-5-2/h7,10-11,14-15,17,20-21,23-24,45H,4-6,8-9,12-13,16,18-19,22,25-44H2,1-3H3/b10-7-,14-11-,17-15-,21-20-,24-23-. The molecule has 6 nitrogen and oxygen atoms in total. The highest BCUT2D eigenvalue weighted by molar-refractivity contribution is 5.71. The molecule has 0 aromatic carbocycles. The van der Waals surface area contributed by atoms with Crippen LogP contribution in [0.1, 0.15) is 207 Å². The summed E-state index contributed by atoms with van der Waals surface area (Å²) >= 11 is 0. The monoisotopic (exact) mass is 755 g/mol. The normalized spacial score (nSPS) is 12.6. The fourth-order valence-electron chi connectivity index (χ4n) is 5.90. The van der Waals surface area contributed by atoms with Crippen LogP contribution in [0, 0.1) is 0 Å². The summed E-state index contributed by atoms with van der Waals surface area (Å²) in [5.74, 6) is -0.920. The Labute approximate surface area is 332 Å². The lowest BCUT2D eigenvalue weighted by atomic mass is 10.1. The van der Waals surface area contributed by atoms with E-state index in [2.05, 4.69) is 81.5 Å². The zero-order valence-electron chi connectivity index (χ0n) is 35.2. The second kappa shape index (κ2) is 42.8. The molecule has 0 saturated carbocycles. The molecule has 310 valence electrons. The van der Waals surface area contributed by atoms with E-state index in [9.17, 15) is 14.4 Å². The molecule has 0 aliphatic carbocycles. The first-order chi connectivity index (χ1) is 26.5. The van der Waals surface area contributed by atoms with Crippen LogP contribution in [0.5, 0.6) is 0 Å². The lowest BCUT2D eigenvalue weighted by molar-refractivity contribution is -0.167. The molecule has 0 amide bonds. The van der Waals surface area contributed by atoms with Gasteiger partial charge in [0.05, 0.1) is 0 Å². The summed E-state index contributed by atoms with van der Waals surface area (Å²) in [5, 5.41) is 0. The molecule has 0 spiro atoms. The number of allylic oxidation sites excluding steroid dienone is 10. The van der Waals surface area contributed by atoms with Crippen molar-refractivity contribution < 1.29 is 28.6 Å². The maximum absolute atomic E-state index is 12.6. The van der Waals surface area contributed by atoms with Crippen LogP contribution in [0.15, 0.2) is 60.8 Å². The molecule has 0 N–H and O–H groups in total. The van der Waals surface area contributed by atoms with Crippen molar-refractivity contribution in [2.75, 3.05) is 13.2 Å². The molecular weight excluding hydrogens is 673 g/mol. The van der Waals surface area contributed by atoms with Gasteiger partial charge in [-0.05, 0) is 77.0 Å². The average Bonchev–Trinajstić information content (AvgIpc) is 3.17. The number of esters is 3. The van der Waals surface area contributed by atoms with Gasteiger partial charge in [-0.25, -0.2) is 0 Å². The molecule has 0 aliphatic heterocycles. The SMILES string of the molecule is CC/C=C\C/C=C\C/C=C\C/C=C\CCCCCCCCCCC(=O)OCC(COC(=O)CCCCCCC)OC(=O)CCCCCCC/C=C\CCC. The largest absolute Gasteiger partial charge is 0.462 e. The molecule has 0 aromatic heterocycles. The van der Waals surface area contributed by atoms with Crippen LogP contribution in [0.4, 0.5) is 0 Å². The summed E-state index contributed by atoms with van der Waals surface area (Å²) in [6, 6.07) is 0. The quantitative estimate of drug-likeness (QED) is 0.0269. The van der Waals surface area contributed by atoms with Crippen molar-refractivity contribution in [2.24, 2.45) is 0 Å². The highest BCUT2D eigenvalue weighted by Gasteiger charge is 2.19. The summed E-state index contributed by atoms with van der Waals surface area (Å²) in [6.45, 7) is 6.34. The van der Waals surface area contributed by atoms with E-state index in [0.29, 0.717) is 19.3 Å². The number of hydrogen-bond donors (Lipinski definition) is 0. The van der Waals surface area contributed by atoms with E-state index >= 15 is 0 Å². The summed E-state index contributed by atoms with van der Waals surface area (Å²) in [5.41, 5.74) is 0. The van der Waals surface area contributed by atoms with Gasteiger partial charge in [0, 0.05) is 19.3 Å². The van der Waals surface area contributed by atoms with E-state index in [0.717, 1.165) is 116 Å². The Morgan fingerprint density at radius 1 is 0.389 bits per heavy atom. The summed E-state index contributed by atoms with van der Waals surface area (Å²) in [4.78, 5) is 37.4. The number of carbonyl (C=O) groups is 3. The van der Waals surface area contributed by atoms with Gasteiger partial charge in [0.15, 0.2) is 6.10 Å². The van der Waals surface area contributed by atoms with E-state index in [1.807, 2.05) is 0 Å². The Morgan fingerprint density at radius 2 is 0.759 bits per heavy atom. The molecule has 0 fully saturated rings. The van der Waals surface area contributed by atoms with Gasteiger partial charge in [-0.3, -0.25) is 14.4 Å². The molecule has 0 saturated heterocycles. The summed E-state index contributed by atoms with van der Waals surface area (Å²) < 4.78 is 16.5. The zero-order chi connectivity index (χ0) is 39.4. The van der Waals surface area contributed by atoms with Gasteiger partial charge in [-0.15, -0.1) is 0 Å². The fourth-order valence-corrected chi connectivity index (χ4v) is 5.90. The first-order valence-electron chi connectivity index (χ1n) is 22.3. The number of rotatable bonds is 39. The number of carbonyl (C=O) groups excluding carboxylic acids is 3. The van der Waals surface area contributed by atoms with E-state index in [1.54, 1.807) is 0 Å². The van der Waals surface area contributed by atoms with Crippen LogP contribution < -0.4 is 0 Å². The first-order valence-corrected chi connectivity index (χ1v) is 22.3. The van der Waals surface area contributed by atoms with Crippen LogP contribution in [0.25, 0.3) is 0 Å². The summed E-state index contributed by atoms with van der Waals surface area (Å²) in [7, 11) is 0. The molecular formula is C48H82O6. The number of unbranched alkanes of at least 4 members (excludes halogenated alkanes) is 18. The summed E-state index contributed by atoms with van der Waals surface area (Å²) in [6.07, 6.45) is 51.0. The smallest absolute Gasteiger partial charge is 0.306 e. The van der Waals surface area contributed by atoms with Crippen LogP contribution in [-0.4, -0.2) is 37.2 Å². The van der Waals surface area contributed by atoms with Crippen molar-refractivity contribution in [1.29, 1.82) is 0 Å². The van der Waals surface area contributed by atoms with E-state index in [1.165, 1.54) is 51.4 Å². The second-order valence-electron chi connectivity index (χ2n) is 14.6. The van der Waals surface area contributed by atoms with Gasteiger partial charge in [0.2, 0.25) is 0 Å². The van der Waals surface area contributed by atoms with Gasteiger partial charge in [0.25, 0.3) is 0 Å². The van der Waals surface area contributed by atoms with Crippen molar-refractivity contribution in [2.45, 2.75) is 213 Å². The Kier molecular flexibility index (Phi) is 40.6. The molecule has 0 rings (SSSR count). The highest BCUT2D eigenvalue weighted by Crippen LogP contribution is 2.13. The minimum absolute atomic E-state index is 0.0815.